The van der Waals surface area contributed by atoms with Crippen molar-refractivity contribution in [1.29, 1.82) is 0 Å². The monoisotopic (exact) mass is 324 g/mol. The third kappa shape index (κ3) is 3.56. The molecule has 118 valence electrons. The fourth-order valence-electron chi connectivity index (χ4n) is 1.85. The van der Waals surface area contributed by atoms with Gasteiger partial charge in [-0.15, -0.1) is 11.3 Å². The van der Waals surface area contributed by atoms with Crippen molar-refractivity contribution in [3.8, 4) is 0 Å². The van der Waals surface area contributed by atoms with Crippen LogP contribution in [0, 0.1) is 12.7 Å². The number of ether oxygens (including phenoxy) is 1. The minimum Gasteiger partial charge on any atom is -0.461 e. The van der Waals surface area contributed by atoms with E-state index < -0.39 is 11.8 Å². The van der Waals surface area contributed by atoms with E-state index in [4.69, 9.17) is 4.74 Å². The number of thiazole rings is 1. The molecule has 0 aromatic carbocycles. The Morgan fingerprint density at radius 3 is 2.86 bits per heavy atom. The first-order valence-corrected chi connectivity index (χ1v) is 7.75. The van der Waals surface area contributed by atoms with Crippen molar-refractivity contribution >= 4 is 23.1 Å². The maximum Gasteiger partial charge on any atom is 0.358 e. The largest absolute Gasteiger partial charge is 0.461 e. The van der Waals surface area contributed by atoms with Crippen molar-refractivity contribution in [1.82, 2.24) is 15.0 Å². The van der Waals surface area contributed by atoms with Crippen LogP contribution >= 0.6 is 11.3 Å². The third-order valence-corrected chi connectivity index (χ3v) is 3.88. The first-order valence-electron chi connectivity index (χ1n) is 6.93. The number of aryl methyl sites for hydroxylation is 2. The Labute approximate surface area is 131 Å². The molecule has 0 spiro atoms. The Balaban J connectivity index is 2.09. The average molecular weight is 324 g/mol. The normalized spacial score (nSPS) is 10.5. The molecule has 0 amide bonds. The standard InChI is InChI=1S/C14H17FN4O2S/c1-4-9-11(15)13(18-7-17-9)16-6-10-19-12(8(3)22-10)14(20)21-5-2/h7H,4-6H2,1-3H3,(H,16,17,18). The first kappa shape index (κ1) is 16.3. The van der Waals surface area contributed by atoms with Crippen LogP contribution in [-0.2, 0) is 17.7 Å². The molecular formula is C14H17FN4O2S. The highest BCUT2D eigenvalue weighted by molar-refractivity contribution is 7.11. The van der Waals surface area contributed by atoms with Crippen molar-refractivity contribution in [2.75, 3.05) is 11.9 Å². The van der Waals surface area contributed by atoms with E-state index in [9.17, 15) is 9.18 Å². The number of aromatic nitrogens is 3. The summed E-state index contributed by atoms with van der Waals surface area (Å²) >= 11 is 1.36. The molecule has 0 aliphatic heterocycles. The lowest BCUT2D eigenvalue weighted by atomic mass is 10.3. The van der Waals surface area contributed by atoms with Crippen LogP contribution in [0.4, 0.5) is 10.2 Å². The number of hydrogen-bond donors (Lipinski definition) is 1. The highest BCUT2D eigenvalue weighted by Gasteiger charge is 2.17. The second-order valence-electron chi connectivity index (χ2n) is 4.42. The Hall–Kier alpha value is -2.09. The summed E-state index contributed by atoms with van der Waals surface area (Å²) < 4.78 is 18.9. The van der Waals surface area contributed by atoms with Crippen LogP contribution in [0.15, 0.2) is 6.33 Å². The summed E-state index contributed by atoms with van der Waals surface area (Å²) in [6, 6.07) is 0. The molecule has 22 heavy (non-hydrogen) atoms. The molecule has 1 N–H and O–H groups in total. The SMILES string of the molecule is CCOC(=O)c1nc(CNc2ncnc(CC)c2F)sc1C. The van der Waals surface area contributed by atoms with Crippen molar-refractivity contribution in [2.24, 2.45) is 0 Å². The molecule has 0 saturated carbocycles. The zero-order valence-corrected chi connectivity index (χ0v) is 13.5. The molecule has 0 aliphatic rings. The lowest BCUT2D eigenvalue weighted by Crippen LogP contribution is -2.08. The molecule has 0 atom stereocenters. The summed E-state index contributed by atoms with van der Waals surface area (Å²) in [5.41, 5.74) is 0.668. The van der Waals surface area contributed by atoms with Gasteiger partial charge in [-0.3, -0.25) is 0 Å². The van der Waals surface area contributed by atoms with Crippen molar-refractivity contribution < 1.29 is 13.9 Å². The number of nitrogens with zero attached hydrogens (tertiary/aromatic N) is 3. The van der Waals surface area contributed by atoms with Gasteiger partial charge in [0, 0.05) is 4.88 Å². The van der Waals surface area contributed by atoms with Gasteiger partial charge in [0.15, 0.2) is 17.3 Å². The van der Waals surface area contributed by atoms with Crippen LogP contribution in [0.1, 0.15) is 39.9 Å². The number of hydrogen-bond acceptors (Lipinski definition) is 7. The highest BCUT2D eigenvalue weighted by Crippen LogP contribution is 2.20. The fraction of sp³-hybridized carbons (Fsp3) is 0.429. The number of rotatable bonds is 6. The van der Waals surface area contributed by atoms with Crippen molar-refractivity contribution in [2.45, 2.75) is 33.7 Å². The molecule has 0 saturated heterocycles. The Bertz CT molecular complexity index is 675. The highest BCUT2D eigenvalue weighted by atomic mass is 32.1. The zero-order valence-electron chi connectivity index (χ0n) is 12.6. The second-order valence-corrected chi connectivity index (χ2v) is 5.71. The molecule has 2 heterocycles. The summed E-state index contributed by atoms with van der Waals surface area (Å²) in [5, 5.41) is 3.55. The molecule has 6 nitrogen and oxygen atoms in total. The molecule has 8 heteroatoms. The van der Waals surface area contributed by atoms with Crippen molar-refractivity contribution in [3.05, 3.63) is 33.4 Å². The van der Waals surface area contributed by atoms with Gasteiger partial charge in [0.05, 0.1) is 18.8 Å². The van der Waals surface area contributed by atoms with E-state index in [-0.39, 0.29) is 12.4 Å². The summed E-state index contributed by atoms with van der Waals surface area (Å²) in [6.07, 6.45) is 1.81. The Morgan fingerprint density at radius 1 is 1.41 bits per heavy atom. The molecule has 2 aromatic heterocycles. The van der Waals surface area contributed by atoms with E-state index >= 15 is 0 Å². The molecule has 0 aliphatic carbocycles. The minimum atomic E-state index is -0.455. The summed E-state index contributed by atoms with van der Waals surface area (Å²) in [5.74, 6) is -0.759. The van der Waals surface area contributed by atoms with Gasteiger partial charge in [-0.05, 0) is 20.3 Å². The molecule has 0 radical (unpaired) electrons. The van der Waals surface area contributed by atoms with E-state index in [1.807, 2.05) is 6.92 Å². The maximum atomic E-state index is 14.0. The van der Waals surface area contributed by atoms with Gasteiger partial charge in [-0.25, -0.2) is 24.1 Å². The van der Waals surface area contributed by atoms with Gasteiger partial charge in [0.2, 0.25) is 0 Å². The number of carbonyl (C=O) groups excluding carboxylic acids is 1. The number of anilines is 1. The summed E-state index contributed by atoms with van der Waals surface area (Å²) in [6.45, 7) is 5.95. The predicted molar refractivity (Wildman–Crippen MR) is 81.5 cm³/mol. The van der Waals surface area contributed by atoms with Gasteiger partial charge in [0.1, 0.15) is 11.3 Å². The molecular weight excluding hydrogens is 307 g/mol. The van der Waals surface area contributed by atoms with Crippen LogP contribution in [0.25, 0.3) is 0 Å². The maximum absolute atomic E-state index is 14.0. The Kier molecular flexibility index (Phi) is 5.37. The van der Waals surface area contributed by atoms with Gasteiger partial charge >= 0.3 is 5.97 Å². The molecule has 2 rings (SSSR count). The van der Waals surface area contributed by atoms with Crippen LogP contribution < -0.4 is 5.32 Å². The molecule has 0 unspecified atom stereocenters. The lowest BCUT2D eigenvalue weighted by Gasteiger charge is -2.06. The van der Waals surface area contributed by atoms with E-state index in [0.29, 0.717) is 29.4 Å². The summed E-state index contributed by atoms with van der Waals surface area (Å²) in [7, 11) is 0. The minimum absolute atomic E-state index is 0.136. The van der Waals surface area contributed by atoms with Crippen LogP contribution in [-0.4, -0.2) is 27.5 Å². The number of esters is 1. The topological polar surface area (TPSA) is 77.0 Å². The van der Waals surface area contributed by atoms with E-state index in [0.717, 1.165) is 4.88 Å². The smallest absolute Gasteiger partial charge is 0.358 e. The molecule has 0 bridgehead atoms. The second kappa shape index (κ2) is 7.26. The predicted octanol–water partition coefficient (Wildman–Crippen LogP) is 2.73. The third-order valence-electron chi connectivity index (χ3n) is 2.91. The number of nitrogens with one attached hydrogen (secondary N) is 1. The Morgan fingerprint density at radius 2 is 2.18 bits per heavy atom. The number of halogens is 1. The van der Waals surface area contributed by atoms with E-state index in [2.05, 4.69) is 20.3 Å². The van der Waals surface area contributed by atoms with Gasteiger partial charge in [-0.2, -0.15) is 0 Å². The first-order chi connectivity index (χ1) is 10.6. The zero-order chi connectivity index (χ0) is 16.1. The van der Waals surface area contributed by atoms with E-state index in [1.54, 1.807) is 13.8 Å². The fourth-order valence-corrected chi connectivity index (χ4v) is 2.71. The van der Waals surface area contributed by atoms with Crippen LogP contribution in [0.2, 0.25) is 0 Å². The van der Waals surface area contributed by atoms with Crippen LogP contribution in [0.3, 0.4) is 0 Å². The molecule has 0 fully saturated rings. The number of carbonyl (C=O) groups is 1. The van der Waals surface area contributed by atoms with Gasteiger partial charge < -0.3 is 10.1 Å². The van der Waals surface area contributed by atoms with E-state index in [1.165, 1.54) is 17.7 Å². The quantitative estimate of drug-likeness (QED) is 0.823. The van der Waals surface area contributed by atoms with Gasteiger partial charge in [-0.1, -0.05) is 6.92 Å². The van der Waals surface area contributed by atoms with Crippen LogP contribution in [0.5, 0.6) is 0 Å². The molecule has 2 aromatic rings. The average Bonchev–Trinajstić information content (AvgIpc) is 2.87. The lowest BCUT2D eigenvalue weighted by molar-refractivity contribution is 0.0519. The van der Waals surface area contributed by atoms with Crippen molar-refractivity contribution in [3.63, 3.8) is 0 Å². The van der Waals surface area contributed by atoms with Gasteiger partial charge in [0.25, 0.3) is 0 Å². The summed E-state index contributed by atoms with van der Waals surface area (Å²) in [4.78, 5) is 24.5.